The van der Waals surface area contributed by atoms with Gasteiger partial charge in [0.1, 0.15) is 18.2 Å². The zero-order valence-corrected chi connectivity index (χ0v) is 17.0. The lowest BCUT2D eigenvalue weighted by molar-refractivity contribution is -0.141. The first-order chi connectivity index (χ1) is 14.4. The highest BCUT2D eigenvalue weighted by Crippen LogP contribution is 2.33. The van der Waals surface area contributed by atoms with Crippen molar-refractivity contribution in [2.24, 2.45) is 0 Å². The van der Waals surface area contributed by atoms with Crippen molar-refractivity contribution in [1.29, 1.82) is 0 Å². The summed E-state index contributed by atoms with van der Waals surface area (Å²) in [6, 6.07) is 8.98. The molecule has 1 amide bonds. The monoisotopic (exact) mass is 420 g/mol. The zero-order chi connectivity index (χ0) is 22.1. The molecular weight excluding hydrogens is 394 g/mol. The minimum absolute atomic E-state index is 0.156. The van der Waals surface area contributed by atoms with E-state index in [0.717, 1.165) is 29.3 Å². The molecule has 1 aliphatic heterocycles. The van der Waals surface area contributed by atoms with Crippen LogP contribution in [0.15, 0.2) is 36.4 Å². The van der Waals surface area contributed by atoms with Gasteiger partial charge in [0.15, 0.2) is 0 Å². The predicted octanol–water partition coefficient (Wildman–Crippen LogP) is 2.89. The number of nitrogens with one attached hydrogen (secondary N) is 2. The van der Waals surface area contributed by atoms with E-state index < -0.39 is 17.6 Å². The van der Waals surface area contributed by atoms with Crippen LogP contribution < -0.4 is 10.6 Å². The van der Waals surface area contributed by atoms with Gasteiger partial charge in [-0.1, -0.05) is 12.1 Å². The summed E-state index contributed by atoms with van der Waals surface area (Å²) >= 11 is 0. The van der Waals surface area contributed by atoms with Gasteiger partial charge in [0.25, 0.3) is 0 Å². The molecule has 0 saturated heterocycles. The van der Waals surface area contributed by atoms with E-state index in [1.54, 1.807) is 6.92 Å². The quantitative estimate of drug-likeness (QED) is 0.648. The molecule has 2 aromatic rings. The number of methoxy groups -OCH3 is 1. The van der Waals surface area contributed by atoms with Crippen LogP contribution in [-0.4, -0.2) is 37.2 Å². The van der Waals surface area contributed by atoms with Gasteiger partial charge in [0, 0.05) is 18.4 Å². The lowest BCUT2D eigenvalue weighted by Gasteiger charge is -2.28. The van der Waals surface area contributed by atoms with E-state index in [-0.39, 0.29) is 31.5 Å². The van der Waals surface area contributed by atoms with Crippen molar-refractivity contribution in [3.63, 3.8) is 0 Å². The molecule has 0 fully saturated rings. The minimum atomic E-state index is -0.592. The van der Waals surface area contributed by atoms with Crippen molar-refractivity contribution >= 4 is 17.6 Å². The van der Waals surface area contributed by atoms with Crippen LogP contribution in [0.3, 0.4) is 0 Å². The Morgan fingerprint density at radius 1 is 1.20 bits per heavy atom. The number of aliphatic hydroxyl groups excluding tert-OH is 1. The Morgan fingerprint density at radius 3 is 2.50 bits per heavy atom. The number of amides is 1. The highest BCUT2D eigenvalue weighted by molar-refractivity contribution is 5.83. The molecule has 162 valence electrons. The SMILES string of the molecule is CCO.COC(=O)CNC(=O)Cc1ccc2c(c1)CC[C@@H](c1cc(F)cc(F)c1)N2. The van der Waals surface area contributed by atoms with Crippen molar-refractivity contribution < 1.29 is 28.2 Å². The summed E-state index contributed by atoms with van der Waals surface area (Å²) in [5, 5.41) is 13.4. The van der Waals surface area contributed by atoms with Crippen LogP contribution in [0.25, 0.3) is 0 Å². The first-order valence-corrected chi connectivity index (χ1v) is 9.65. The van der Waals surface area contributed by atoms with Crippen molar-refractivity contribution in [3.05, 3.63) is 64.7 Å². The van der Waals surface area contributed by atoms with Crippen molar-refractivity contribution in [1.82, 2.24) is 5.32 Å². The smallest absolute Gasteiger partial charge is 0.325 e. The Morgan fingerprint density at radius 2 is 1.87 bits per heavy atom. The average Bonchev–Trinajstić information content (AvgIpc) is 2.71. The number of benzene rings is 2. The van der Waals surface area contributed by atoms with Crippen LogP contribution in [0.4, 0.5) is 14.5 Å². The minimum Gasteiger partial charge on any atom is -0.468 e. The molecule has 0 bridgehead atoms. The van der Waals surface area contributed by atoms with Crippen molar-refractivity contribution in [2.45, 2.75) is 32.2 Å². The largest absolute Gasteiger partial charge is 0.468 e. The second kappa shape index (κ2) is 11.3. The number of fused-ring (bicyclic) bond motifs is 1. The Labute approximate surface area is 174 Å². The standard InChI is InChI=1S/C20H20F2N2O3.C2H6O/c1-27-20(26)11-23-19(25)7-12-2-4-17-13(6-12)3-5-18(24-17)14-8-15(21)10-16(22)9-14;1-2-3/h2,4,6,8-10,18,24H,3,5,7,11H2,1H3,(H,23,25);3H,2H2,1H3/t18-;/m0./s1. The van der Waals surface area contributed by atoms with Gasteiger partial charge in [-0.25, -0.2) is 8.78 Å². The lowest BCUT2D eigenvalue weighted by atomic mass is 9.92. The van der Waals surface area contributed by atoms with Crippen LogP contribution in [0.5, 0.6) is 0 Å². The molecule has 6 nitrogen and oxygen atoms in total. The van der Waals surface area contributed by atoms with Gasteiger partial charge in [-0.3, -0.25) is 9.59 Å². The molecule has 0 unspecified atom stereocenters. The van der Waals surface area contributed by atoms with Gasteiger partial charge in [-0.2, -0.15) is 0 Å². The molecule has 2 aromatic carbocycles. The number of aliphatic hydroxyl groups is 1. The fourth-order valence-corrected chi connectivity index (χ4v) is 3.18. The second-order valence-electron chi connectivity index (χ2n) is 6.78. The van der Waals surface area contributed by atoms with Gasteiger partial charge < -0.3 is 20.5 Å². The van der Waals surface area contributed by atoms with Crippen molar-refractivity contribution in [2.75, 3.05) is 25.6 Å². The molecule has 0 radical (unpaired) electrons. The van der Waals surface area contributed by atoms with Gasteiger partial charge in [-0.05, 0) is 54.7 Å². The lowest BCUT2D eigenvalue weighted by Crippen LogP contribution is -2.31. The highest BCUT2D eigenvalue weighted by Gasteiger charge is 2.21. The maximum atomic E-state index is 13.5. The molecule has 1 heterocycles. The summed E-state index contributed by atoms with van der Waals surface area (Å²) in [6.45, 7) is 1.77. The molecule has 1 atom stereocenters. The normalized spacial score (nSPS) is 14.5. The van der Waals surface area contributed by atoms with E-state index in [2.05, 4.69) is 15.4 Å². The van der Waals surface area contributed by atoms with Crippen LogP contribution in [0.2, 0.25) is 0 Å². The van der Waals surface area contributed by atoms with E-state index in [1.165, 1.54) is 19.2 Å². The summed E-state index contributed by atoms with van der Waals surface area (Å²) in [5.74, 6) is -1.95. The van der Waals surface area contributed by atoms with Crippen LogP contribution >= 0.6 is 0 Å². The molecular formula is C22H26F2N2O4. The number of esters is 1. The molecule has 0 aromatic heterocycles. The van der Waals surface area contributed by atoms with Gasteiger partial charge >= 0.3 is 5.97 Å². The van der Waals surface area contributed by atoms with E-state index in [4.69, 9.17) is 5.11 Å². The number of ether oxygens (including phenoxy) is 1. The van der Waals surface area contributed by atoms with Gasteiger partial charge in [0.05, 0.1) is 19.6 Å². The van der Waals surface area contributed by atoms with Gasteiger partial charge in [-0.15, -0.1) is 0 Å². The topological polar surface area (TPSA) is 87.7 Å². The summed E-state index contributed by atoms with van der Waals surface area (Å²) < 4.78 is 31.4. The third kappa shape index (κ3) is 6.81. The second-order valence-corrected chi connectivity index (χ2v) is 6.78. The van der Waals surface area contributed by atoms with E-state index in [9.17, 15) is 18.4 Å². The maximum absolute atomic E-state index is 13.5. The van der Waals surface area contributed by atoms with E-state index in [1.807, 2.05) is 18.2 Å². The van der Waals surface area contributed by atoms with Crippen LogP contribution in [0, 0.1) is 11.6 Å². The first-order valence-electron chi connectivity index (χ1n) is 9.65. The number of aryl methyl sites for hydroxylation is 1. The third-order valence-corrected chi connectivity index (χ3v) is 4.51. The Hall–Kier alpha value is -3.00. The van der Waals surface area contributed by atoms with E-state index in [0.29, 0.717) is 12.0 Å². The fourth-order valence-electron chi connectivity index (χ4n) is 3.18. The molecule has 0 saturated carbocycles. The average molecular weight is 420 g/mol. The number of rotatable bonds is 5. The summed E-state index contributed by atoms with van der Waals surface area (Å²) in [7, 11) is 1.26. The molecule has 0 spiro atoms. The number of hydrogen-bond acceptors (Lipinski definition) is 5. The molecule has 3 rings (SSSR count). The van der Waals surface area contributed by atoms with E-state index >= 15 is 0 Å². The number of carbonyl (C=O) groups excluding carboxylic acids is 2. The Bertz CT molecular complexity index is 869. The Balaban J connectivity index is 0.00000101. The number of carbonyl (C=O) groups is 2. The number of hydrogen-bond donors (Lipinski definition) is 3. The third-order valence-electron chi connectivity index (χ3n) is 4.51. The van der Waals surface area contributed by atoms with Crippen LogP contribution in [0.1, 0.15) is 36.1 Å². The highest BCUT2D eigenvalue weighted by atomic mass is 19.1. The summed E-state index contributed by atoms with van der Waals surface area (Å²) in [5.41, 5.74) is 3.33. The molecule has 3 N–H and O–H groups in total. The molecule has 1 aliphatic rings. The Kier molecular flexibility index (Phi) is 8.73. The number of halogens is 2. The molecule has 30 heavy (non-hydrogen) atoms. The first kappa shape index (κ1) is 23.3. The number of anilines is 1. The zero-order valence-electron chi connectivity index (χ0n) is 17.0. The molecule has 8 heteroatoms. The fraction of sp³-hybridized carbons (Fsp3) is 0.364. The van der Waals surface area contributed by atoms with Crippen LogP contribution in [-0.2, 0) is 27.2 Å². The van der Waals surface area contributed by atoms with Crippen molar-refractivity contribution in [3.8, 4) is 0 Å². The van der Waals surface area contributed by atoms with Gasteiger partial charge in [0.2, 0.25) is 5.91 Å². The summed E-state index contributed by atoms with van der Waals surface area (Å²) in [4.78, 5) is 23.0. The maximum Gasteiger partial charge on any atom is 0.325 e. The predicted molar refractivity (Wildman–Crippen MR) is 109 cm³/mol. The molecule has 0 aliphatic carbocycles. The summed E-state index contributed by atoms with van der Waals surface area (Å²) in [6.07, 6.45) is 1.57.